The summed E-state index contributed by atoms with van der Waals surface area (Å²) >= 11 is 0. The maximum Gasteiger partial charge on any atom is 0.234 e. The van der Waals surface area contributed by atoms with Crippen LogP contribution in [0.5, 0.6) is 5.88 Å². The van der Waals surface area contributed by atoms with E-state index in [0.717, 1.165) is 25.3 Å². The minimum absolute atomic E-state index is 0.239. The lowest BCUT2D eigenvalue weighted by atomic mass is 10.3. The summed E-state index contributed by atoms with van der Waals surface area (Å²) in [5.41, 5.74) is 0. The van der Waals surface area contributed by atoms with Gasteiger partial charge in [-0.1, -0.05) is 0 Å². The Labute approximate surface area is 102 Å². The van der Waals surface area contributed by atoms with Gasteiger partial charge in [-0.2, -0.15) is 4.98 Å². The average Bonchev–Trinajstić information content (AvgIpc) is 2.63. The monoisotopic (exact) mass is 236 g/mol. The molecule has 2 rings (SSSR count). The summed E-state index contributed by atoms with van der Waals surface area (Å²) in [5.74, 6) is 1.37. The minimum atomic E-state index is 0.239. The molecule has 0 aromatic carbocycles. The fourth-order valence-corrected chi connectivity index (χ4v) is 1.93. The number of rotatable bonds is 4. The topological polar surface area (TPSA) is 50.3 Å². The van der Waals surface area contributed by atoms with Crippen molar-refractivity contribution in [2.24, 2.45) is 0 Å². The summed E-state index contributed by atoms with van der Waals surface area (Å²) < 4.78 is 5.81. The Morgan fingerprint density at radius 2 is 2.29 bits per heavy atom. The van der Waals surface area contributed by atoms with Crippen molar-refractivity contribution >= 4 is 5.82 Å². The number of aromatic nitrogens is 2. The third-order valence-electron chi connectivity index (χ3n) is 2.68. The predicted molar refractivity (Wildman–Crippen MR) is 67.3 cm³/mol. The molecule has 1 N–H and O–H groups in total. The number of nitrogens with zero attached hydrogens (tertiary/aromatic N) is 3. The molecule has 94 valence electrons. The molecule has 0 spiro atoms. The fraction of sp³-hybridized carbons (Fsp3) is 0.667. The zero-order valence-electron chi connectivity index (χ0n) is 10.7. The molecule has 1 aliphatic heterocycles. The third kappa shape index (κ3) is 3.56. The van der Waals surface area contributed by atoms with Crippen molar-refractivity contribution in [3.63, 3.8) is 0 Å². The fourth-order valence-electron chi connectivity index (χ4n) is 1.93. The molecule has 0 radical (unpaired) electrons. The Balaban J connectivity index is 1.96. The molecule has 1 unspecified atom stereocenters. The maximum atomic E-state index is 5.81. The van der Waals surface area contributed by atoms with Crippen LogP contribution in [0.25, 0.3) is 0 Å². The van der Waals surface area contributed by atoms with Gasteiger partial charge in [0.05, 0.1) is 12.4 Å². The Morgan fingerprint density at radius 1 is 1.47 bits per heavy atom. The molecule has 0 saturated carbocycles. The first-order chi connectivity index (χ1) is 8.13. The van der Waals surface area contributed by atoms with E-state index in [2.05, 4.69) is 41.1 Å². The summed E-state index contributed by atoms with van der Waals surface area (Å²) in [6.07, 6.45) is 4.68. The highest BCUT2D eigenvalue weighted by Gasteiger charge is 2.21. The van der Waals surface area contributed by atoms with Crippen LogP contribution in [0.3, 0.4) is 0 Å². The van der Waals surface area contributed by atoms with Gasteiger partial charge >= 0.3 is 0 Å². The lowest BCUT2D eigenvalue weighted by molar-refractivity contribution is 0.199. The van der Waals surface area contributed by atoms with E-state index < -0.39 is 0 Å². The molecule has 1 aromatic heterocycles. The smallest absolute Gasteiger partial charge is 0.234 e. The molecule has 5 nitrogen and oxygen atoms in total. The van der Waals surface area contributed by atoms with E-state index in [4.69, 9.17) is 4.74 Å². The highest BCUT2D eigenvalue weighted by Crippen LogP contribution is 2.16. The van der Waals surface area contributed by atoms with Crippen molar-refractivity contribution in [1.82, 2.24) is 14.9 Å². The number of hydrogen-bond acceptors (Lipinski definition) is 5. The summed E-state index contributed by atoms with van der Waals surface area (Å²) in [6.45, 7) is 6.19. The molecular formula is C12H20N4O. The number of anilines is 1. The van der Waals surface area contributed by atoms with Crippen LogP contribution >= 0.6 is 0 Å². The first-order valence-electron chi connectivity index (χ1n) is 6.07. The van der Waals surface area contributed by atoms with Crippen molar-refractivity contribution < 1.29 is 4.74 Å². The van der Waals surface area contributed by atoms with Gasteiger partial charge in [0, 0.05) is 19.1 Å². The lowest BCUT2D eigenvalue weighted by Gasteiger charge is -2.14. The van der Waals surface area contributed by atoms with Gasteiger partial charge in [-0.05, 0) is 27.3 Å². The van der Waals surface area contributed by atoms with Crippen LogP contribution in [-0.4, -0.2) is 47.2 Å². The van der Waals surface area contributed by atoms with E-state index >= 15 is 0 Å². The van der Waals surface area contributed by atoms with Crippen molar-refractivity contribution in [2.45, 2.75) is 32.4 Å². The number of likely N-dealkylation sites (N-methyl/N-ethyl adjacent to an activating group) is 1. The summed E-state index contributed by atoms with van der Waals surface area (Å²) in [4.78, 5) is 10.8. The quantitative estimate of drug-likeness (QED) is 0.856. The molecule has 0 amide bonds. The van der Waals surface area contributed by atoms with Gasteiger partial charge in [-0.3, -0.25) is 4.98 Å². The molecule has 17 heavy (non-hydrogen) atoms. The number of ether oxygens (including phenoxy) is 1. The molecule has 1 saturated heterocycles. The van der Waals surface area contributed by atoms with Crippen molar-refractivity contribution in [1.29, 1.82) is 0 Å². The summed E-state index contributed by atoms with van der Waals surface area (Å²) in [7, 11) is 2.10. The molecule has 5 heteroatoms. The van der Waals surface area contributed by atoms with Crippen LogP contribution in [-0.2, 0) is 0 Å². The van der Waals surface area contributed by atoms with Gasteiger partial charge in [0.1, 0.15) is 11.9 Å². The second-order valence-corrected chi connectivity index (χ2v) is 4.83. The first kappa shape index (κ1) is 12.1. The van der Waals surface area contributed by atoms with Gasteiger partial charge in [-0.15, -0.1) is 0 Å². The van der Waals surface area contributed by atoms with Crippen LogP contribution in [0, 0.1) is 0 Å². The van der Waals surface area contributed by atoms with E-state index in [1.54, 1.807) is 12.4 Å². The zero-order valence-corrected chi connectivity index (χ0v) is 10.7. The van der Waals surface area contributed by atoms with E-state index in [9.17, 15) is 0 Å². The van der Waals surface area contributed by atoms with Crippen LogP contribution < -0.4 is 10.1 Å². The molecule has 0 aliphatic carbocycles. The Kier molecular flexibility index (Phi) is 3.78. The standard InChI is InChI=1S/C12H20N4O/c1-9(2)14-11-6-13-7-12(15-11)17-10-4-5-16(3)8-10/h6-7,9-10H,4-5,8H2,1-3H3,(H,14,15). The molecule has 1 atom stereocenters. The van der Waals surface area contributed by atoms with Crippen LogP contribution in [0.1, 0.15) is 20.3 Å². The SMILES string of the molecule is CC(C)Nc1cncc(OC2CCN(C)C2)n1. The molecule has 0 bridgehead atoms. The zero-order chi connectivity index (χ0) is 12.3. The predicted octanol–water partition coefficient (Wildman–Crippen LogP) is 1.38. The number of nitrogens with one attached hydrogen (secondary N) is 1. The van der Waals surface area contributed by atoms with Crippen LogP contribution in [0.4, 0.5) is 5.82 Å². The van der Waals surface area contributed by atoms with Gasteiger partial charge in [-0.25, -0.2) is 0 Å². The highest BCUT2D eigenvalue weighted by molar-refractivity contribution is 5.34. The Hall–Kier alpha value is -1.36. The van der Waals surface area contributed by atoms with Gasteiger partial charge in [0.15, 0.2) is 0 Å². The van der Waals surface area contributed by atoms with E-state index in [-0.39, 0.29) is 6.10 Å². The lowest BCUT2D eigenvalue weighted by Crippen LogP contribution is -2.22. The van der Waals surface area contributed by atoms with Gasteiger partial charge < -0.3 is 15.0 Å². The van der Waals surface area contributed by atoms with Crippen molar-refractivity contribution in [3.8, 4) is 5.88 Å². The van der Waals surface area contributed by atoms with Gasteiger partial charge in [0.25, 0.3) is 0 Å². The molecule has 1 aromatic rings. The molecule has 1 aliphatic rings. The highest BCUT2D eigenvalue weighted by atomic mass is 16.5. The van der Waals surface area contributed by atoms with Crippen LogP contribution in [0.2, 0.25) is 0 Å². The minimum Gasteiger partial charge on any atom is -0.472 e. The van der Waals surface area contributed by atoms with Gasteiger partial charge in [0.2, 0.25) is 5.88 Å². The number of likely N-dealkylation sites (tertiary alicyclic amines) is 1. The summed E-state index contributed by atoms with van der Waals surface area (Å²) in [6, 6.07) is 0.345. The van der Waals surface area contributed by atoms with Crippen molar-refractivity contribution in [2.75, 3.05) is 25.5 Å². The Bertz CT molecular complexity index is 369. The average molecular weight is 236 g/mol. The third-order valence-corrected chi connectivity index (χ3v) is 2.68. The maximum absolute atomic E-state index is 5.81. The van der Waals surface area contributed by atoms with E-state index in [1.165, 1.54) is 0 Å². The summed E-state index contributed by atoms with van der Waals surface area (Å²) in [5, 5.41) is 3.21. The normalized spacial score (nSPS) is 20.8. The molecule has 2 heterocycles. The second-order valence-electron chi connectivity index (χ2n) is 4.83. The largest absolute Gasteiger partial charge is 0.472 e. The molecule has 1 fully saturated rings. The van der Waals surface area contributed by atoms with Crippen LogP contribution in [0.15, 0.2) is 12.4 Å². The molecular weight excluding hydrogens is 216 g/mol. The van der Waals surface area contributed by atoms with E-state index in [1.807, 2.05) is 0 Å². The Morgan fingerprint density at radius 3 is 2.94 bits per heavy atom. The van der Waals surface area contributed by atoms with Crippen molar-refractivity contribution in [3.05, 3.63) is 12.4 Å². The number of hydrogen-bond donors (Lipinski definition) is 1. The second kappa shape index (κ2) is 5.31. The van der Waals surface area contributed by atoms with E-state index in [0.29, 0.717) is 11.9 Å². The first-order valence-corrected chi connectivity index (χ1v) is 6.07.